The molecule has 2 aromatic heterocycles. The molecule has 2 heterocycles. The highest BCUT2D eigenvalue weighted by Crippen LogP contribution is 2.32. The monoisotopic (exact) mass is 443 g/mol. The molecule has 0 radical (unpaired) electrons. The number of carbonyl (C=O) groups excluding carboxylic acids is 1. The summed E-state index contributed by atoms with van der Waals surface area (Å²) in [5.41, 5.74) is 4.67. The van der Waals surface area contributed by atoms with Gasteiger partial charge in [0.1, 0.15) is 5.65 Å². The number of benzene rings is 4. The number of carbonyl (C=O) groups is 1. The standard InChI is InChI=1S/C29H21N3O2/c1-31(2)19-13-10-18(11-14-19)12-17-26(33)20-15-16-23-27-21(20)6-5-7-22(27)28-30-24-8-3-4-9-25(24)32(28)29(23)34/h3-17H,1-2H3/b17-12+. The van der Waals surface area contributed by atoms with Crippen molar-refractivity contribution < 1.29 is 4.79 Å². The van der Waals surface area contributed by atoms with Gasteiger partial charge in [0, 0.05) is 41.5 Å². The molecule has 0 N–H and O–H groups in total. The highest BCUT2D eigenvalue weighted by molar-refractivity contribution is 6.23. The van der Waals surface area contributed by atoms with Crippen molar-refractivity contribution in [2.45, 2.75) is 0 Å². The molecule has 0 amide bonds. The quantitative estimate of drug-likeness (QED) is 0.265. The zero-order chi connectivity index (χ0) is 23.4. The van der Waals surface area contributed by atoms with Gasteiger partial charge in [0.05, 0.1) is 11.0 Å². The van der Waals surface area contributed by atoms with Gasteiger partial charge in [-0.15, -0.1) is 0 Å². The van der Waals surface area contributed by atoms with E-state index in [0.717, 1.165) is 38.4 Å². The third-order valence-electron chi connectivity index (χ3n) is 6.38. The summed E-state index contributed by atoms with van der Waals surface area (Å²) >= 11 is 0. The van der Waals surface area contributed by atoms with Crippen molar-refractivity contribution in [1.29, 1.82) is 0 Å². The number of ketones is 1. The van der Waals surface area contributed by atoms with E-state index in [1.54, 1.807) is 22.6 Å². The predicted molar refractivity (Wildman–Crippen MR) is 139 cm³/mol. The minimum absolute atomic E-state index is 0.105. The van der Waals surface area contributed by atoms with Gasteiger partial charge in [-0.2, -0.15) is 0 Å². The number of rotatable bonds is 4. The SMILES string of the molecule is CN(C)c1ccc(/C=C/C(=O)c2ccc3c(=O)n4c5ccccc5nc4c4cccc2c34)cc1. The number of pyridine rings is 1. The van der Waals surface area contributed by atoms with Crippen LogP contribution in [0.25, 0.3) is 44.3 Å². The molecule has 0 unspecified atom stereocenters. The van der Waals surface area contributed by atoms with Crippen LogP contribution in [0.15, 0.2) is 89.7 Å². The first kappa shape index (κ1) is 20.1. The molecule has 0 spiro atoms. The van der Waals surface area contributed by atoms with Crippen LogP contribution < -0.4 is 10.5 Å². The molecule has 0 saturated carbocycles. The summed E-state index contributed by atoms with van der Waals surface area (Å²) in [6, 6.07) is 24.9. The summed E-state index contributed by atoms with van der Waals surface area (Å²) in [7, 11) is 3.98. The molecule has 5 heteroatoms. The molecule has 0 aliphatic rings. The van der Waals surface area contributed by atoms with Gasteiger partial charge in [-0.25, -0.2) is 4.98 Å². The van der Waals surface area contributed by atoms with Crippen molar-refractivity contribution in [1.82, 2.24) is 9.38 Å². The van der Waals surface area contributed by atoms with E-state index < -0.39 is 0 Å². The van der Waals surface area contributed by atoms with Crippen molar-refractivity contribution in [3.8, 4) is 0 Å². The van der Waals surface area contributed by atoms with E-state index >= 15 is 0 Å². The van der Waals surface area contributed by atoms with E-state index in [1.165, 1.54) is 0 Å². The molecule has 6 aromatic rings. The number of hydrogen-bond acceptors (Lipinski definition) is 4. The van der Waals surface area contributed by atoms with Crippen LogP contribution in [0.4, 0.5) is 5.69 Å². The topological polar surface area (TPSA) is 54.7 Å². The van der Waals surface area contributed by atoms with Crippen LogP contribution in [0.2, 0.25) is 0 Å². The average Bonchev–Trinajstić information content (AvgIpc) is 3.26. The van der Waals surface area contributed by atoms with Crippen LogP contribution >= 0.6 is 0 Å². The first-order valence-corrected chi connectivity index (χ1v) is 11.1. The van der Waals surface area contributed by atoms with E-state index in [4.69, 9.17) is 4.98 Å². The first-order chi connectivity index (χ1) is 16.5. The molecule has 0 fully saturated rings. The van der Waals surface area contributed by atoms with Gasteiger partial charge in [-0.1, -0.05) is 48.5 Å². The molecule has 0 saturated heterocycles. The maximum atomic E-state index is 13.5. The van der Waals surface area contributed by atoms with Crippen molar-refractivity contribution in [2.24, 2.45) is 0 Å². The van der Waals surface area contributed by atoms with Gasteiger partial charge in [0.2, 0.25) is 0 Å². The lowest BCUT2D eigenvalue weighted by Gasteiger charge is -2.11. The maximum Gasteiger partial charge on any atom is 0.264 e. The third kappa shape index (κ3) is 2.98. The van der Waals surface area contributed by atoms with Gasteiger partial charge < -0.3 is 4.90 Å². The average molecular weight is 444 g/mol. The molecule has 34 heavy (non-hydrogen) atoms. The number of imidazole rings is 1. The molecule has 0 atom stereocenters. The summed E-state index contributed by atoms with van der Waals surface area (Å²) < 4.78 is 1.67. The Balaban J connectivity index is 1.51. The molecule has 6 rings (SSSR count). The minimum atomic E-state index is -0.122. The number of para-hydroxylation sites is 2. The fraction of sp³-hybridized carbons (Fsp3) is 0.0690. The Labute approximate surface area is 195 Å². The van der Waals surface area contributed by atoms with Crippen molar-refractivity contribution in [3.05, 3.63) is 106 Å². The Hall–Kier alpha value is -4.51. The van der Waals surface area contributed by atoms with E-state index in [0.29, 0.717) is 16.6 Å². The van der Waals surface area contributed by atoms with Gasteiger partial charge in [0.25, 0.3) is 5.56 Å². The fourth-order valence-corrected chi connectivity index (χ4v) is 4.66. The highest BCUT2D eigenvalue weighted by Gasteiger charge is 2.18. The summed E-state index contributed by atoms with van der Waals surface area (Å²) in [6.07, 6.45) is 3.41. The van der Waals surface area contributed by atoms with Crippen molar-refractivity contribution >= 4 is 55.8 Å². The zero-order valence-electron chi connectivity index (χ0n) is 18.8. The summed E-state index contributed by atoms with van der Waals surface area (Å²) in [5, 5.41) is 2.99. The highest BCUT2D eigenvalue weighted by atomic mass is 16.1. The van der Waals surface area contributed by atoms with Gasteiger partial charge in [0.15, 0.2) is 5.78 Å². The fourth-order valence-electron chi connectivity index (χ4n) is 4.66. The Morgan fingerprint density at radius 1 is 0.853 bits per heavy atom. The van der Waals surface area contributed by atoms with E-state index in [1.807, 2.05) is 91.8 Å². The number of anilines is 1. The molecule has 164 valence electrons. The van der Waals surface area contributed by atoms with Crippen molar-refractivity contribution in [2.75, 3.05) is 19.0 Å². The summed E-state index contributed by atoms with van der Waals surface area (Å²) in [5.74, 6) is -0.105. The number of hydrogen-bond donors (Lipinski definition) is 0. The molecule has 0 bridgehead atoms. The maximum absolute atomic E-state index is 13.5. The number of nitrogens with zero attached hydrogens (tertiary/aromatic N) is 3. The Kier molecular flexibility index (Phi) is 4.45. The van der Waals surface area contributed by atoms with Gasteiger partial charge >= 0.3 is 0 Å². The Morgan fingerprint density at radius 2 is 1.62 bits per heavy atom. The Morgan fingerprint density at radius 3 is 2.41 bits per heavy atom. The molecule has 4 aromatic carbocycles. The van der Waals surface area contributed by atoms with Crippen LogP contribution in [-0.2, 0) is 0 Å². The number of aromatic nitrogens is 2. The lowest BCUT2D eigenvalue weighted by molar-refractivity contribution is 0.104. The molecule has 5 nitrogen and oxygen atoms in total. The smallest absolute Gasteiger partial charge is 0.264 e. The van der Waals surface area contributed by atoms with E-state index in [-0.39, 0.29) is 11.3 Å². The molecule has 0 aliphatic carbocycles. The lowest BCUT2D eigenvalue weighted by atomic mass is 9.95. The van der Waals surface area contributed by atoms with Crippen LogP contribution in [0.1, 0.15) is 15.9 Å². The molecular weight excluding hydrogens is 422 g/mol. The second-order valence-electron chi connectivity index (χ2n) is 8.64. The Bertz CT molecular complexity index is 1810. The molecule has 0 aliphatic heterocycles. The minimum Gasteiger partial charge on any atom is -0.378 e. The van der Waals surface area contributed by atoms with Crippen molar-refractivity contribution in [3.63, 3.8) is 0 Å². The number of allylic oxidation sites excluding steroid dienone is 1. The van der Waals surface area contributed by atoms with Crippen LogP contribution in [-0.4, -0.2) is 29.3 Å². The second-order valence-corrected chi connectivity index (χ2v) is 8.64. The second kappa shape index (κ2) is 7.52. The van der Waals surface area contributed by atoms with Crippen LogP contribution in [0, 0.1) is 0 Å². The third-order valence-corrected chi connectivity index (χ3v) is 6.38. The zero-order valence-corrected chi connectivity index (χ0v) is 18.8. The van der Waals surface area contributed by atoms with E-state index in [9.17, 15) is 9.59 Å². The molecular formula is C29H21N3O2. The van der Waals surface area contributed by atoms with Gasteiger partial charge in [-0.3, -0.25) is 14.0 Å². The summed E-state index contributed by atoms with van der Waals surface area (Å²) in [6.45, 7) is 0. The normalized spacial score (nSPS) is 11.9. The first-order valence-electron chi connectivity index (χ1n) is 11.1. The number of fused-ring (bicyclic) bond motifs is 4. The van der Waals surface area contributed by atoms with E-state index in [2.05, 4.69) is 0 Å². The van der Waals surface area contributed by atoms with Crippen LogP contribution in [0.5, 0.6) is 0 Å². The lowest BCUT2D eigenvalue weighted by Crippen LogP contribution is -2.13. The van der Waals surface area contributed by atoms with Crippen LogP contribution in [0.3, 0.4) is 0 Å². The largest absolute Gasteiger partial charge is 0.378 e. The summed E-state index contributed by atoms with van der Waals surface area (Å²) in [4.78, 5) is 33.4. The van der Waals surface area contributed by atoms with Gasteiger partial charge in [-0.05, 0) is 53.4 Å². The predicted octanol–water partition coefficient (Wildman–Crippen LogP) is 5.55.